The lowest BCUT2D eigenvalue weighted by atomic mass is 10.1. The summed E-state index contributed by atoms with van der Waals surface area (Å²) in [6, 6.07) is 13.0. The van der Waals surface area contributed by atoms with Crippen LogP contribution < -0.4 is 4.43 Å². The van der Waals surface area contributed by atoms with Crippen molar-refractivity contribution in [3.63, 3.8) is 0 Å². The highest BCUT2D eigenvalue weighted by Crippen LogP contribution is 2.23. The predicted molar refractivity (Wildman–Crippen MR) is 85.6 cm³/mol. The van der Waals surface area contributed by atoms with E-state index < -0.39 is 5.97 Å². The number of rotatable bonds is 2. The number of hydrogen-bond acceptors (Lipinski definition) is 4. The number of ether oxygens (including phenoxy) is 1. The molecule has 0 aliphatic heterocycles. The largest absolute Gasteiger partial charge is 0.805 e. The number of methoxy groups -OCH3 is 1. The number of para-hydroxylation sites is 2. The lowest BCUT2D eigenvalue weighted by molar-refractivity contribution is -0.452. The van der Waals surface area contributed by atoms with Crippen LogP contribution in [0.3, 0.4) is 0 Å². The van der Waals surface area contributed by atoms with Crippen LogP contribution >= 0.6 is 0 Å². The number of esters is 1. The van der Waals surface area contributed by atoms with E-state index in [4.69, 9.17) is 0 Å². The van der Waals surface area contributed by atoms with Crippen LogP contribution in [0.5, 0.6) is 0 Å². The molecular formula is C17H14N2O4. The van der Waals surface area contributed by atoms with Gasteiger partial charge in [-0.15, -0.1) is 0 Å². The molecule has 0 N–H and O–H groups in total. The molecule has 0 unspecified atom stereocenters. The van der Waals surface area contributed by atoms with Crippen molar-refractivity contribution in [1.82, 2.24) is 4.73 Å². The topological polar surface area (TPSA) is 77.3 Å². The summed E-state index contributed by atoms with van der Waals surface area (Å²) in [4.78, 5) is 24.1. The molecule has 0 aliphatic carbocycles. The molecule has 0 saturated heterocycles. The zero-order valence-corrected chi connectivity index (χ0v) is 12.6. The molecule has 3 aromatic rings. The Labute approximate surface area is 131 Å². The molecule has 0 saturated carbocycles. The highest BCUT2D eigenvalue weighted by molar-refractivity contribution is 5.89. The fraction of sp³-hybridized carbons (Fsp3) is 0.118. The molecule has 0 amide bonds. The lowest BCUT2D eigenvalue weighted by Crippen LogP contribution is -2.24. The number of carbonyl (C=O) groups excluding carboxylic acids is 1. The Morgan fingerprint density at radius 2 is 1.78 bits per heavy atom. The van der Waals surface area contributed by atoms with Gasteiger partial charge in [-0.25, -0.2) is 4.79 Å². The molecule has 116 valence electrons. The van der Waals surface area contributed by atoms with E-state index in [0.717, 1.165) is 9.16 Å². The molecular weight excluding hydrogens is 296 g/mol. The molecule has 0 bridgehead atoms. The average Bonchev–Trinajstić information content (AvgIpc) is 2.60. The van der Waals surface area contributed by atoms with E-state index >= 15 is 0 Å². The Morgan fingerprint density at radius 3 is 2.43 bits per heavy atom. The summed E-state index contributed by atoms with van der Waals surface area (Å²) in [5.74, 6) is -0.458. The number of aromatic nitrogens is 2. The highest BCUT2D eigenvalue weighted by atomic mass is 16.5. The highest BCUT2D eigenvalue weighted by Gasteiger charge is 2.21. The van der Waals surface area contributed by atoms with Gasteiger partial charge in [0.15, 0.2) is 0 Å². The van der Waals surface area contributed by atoms with E-state index in [9.17, 15) is 14.9 Å². The first-order valence-electron chi connectivity index (χ1n) is 6.97. The minimum Gasteiger partial charge on any atom is -0.805 e. The zero-order valence-electron chi connectivity index (χ0n) is 12.6. The Morgan fingerprint density at radius 1 is 1.13 bits per heavy atom. The van der Waals surface area contributed by atoms with Gasteiger partial charge in [0.1, 0.15) is 5.52 Å². The second-order valence-corrected chi connectivity index (χ2v) is 5.08. The summed E-state index contributed by atoms with van der Waals surface area (Å²) in [6.45, 7) is 1.59. The first kappa shape index (κ1) is 14.8. The van der Waals surface area contributed by atoms with E-state index in [1.54, 1.807) is 55.5 Å². The van der Waals surface area contributed by atoms with Gasteiger partial charge in [-0.2, -0.15) is 0 Å². The first-order valence-corrected chi connectivity index (χ1v) is 6.97. The number of fused-ring (bicyclic) bond motifs is 1. The molecule has 0 fully saturated rings. The molecule has 0 aliphatic rings. The minimum atomic E-state index is -0.458. The van der Waals surface area contributed by atoms with Crippen LogP contribution in [0.2, 0.25) is 0 Å². The summed E-state index contributed by atoms with van der Waals surface area (Å²) < 4.78 is 6.13. The van der Waals surface area contributed by atoms with Gasteiger partial charge in [0.2, 0.25) is 0 Å². The van der Waals surface area contributed by atoms with Crippen molar-refractivity contribution in [3.8, 4) is 11.3 Å². The van der Waals surface area contributed by atoms with Gasteiger partial charge in [-0.1, -0.05) is 12.1 Å². The van der Waals surface area contributed by atoms with Crippen LogP contribution in [0, 0.1) is 17.0 Å². The number of carbonyl (C=O) groups is 1. The molecule has 23 heavy (non-hydrogen) atoms. The average molecular weight is 310 g/mol. The molecule has 0 spiro atoms. The van der Waals surface area contributed by atoms with E-state index in [1.165, 1.54) is 7.11 Å². The third kappa shape index (κ3) is 2.34. The number of nitrogens with zero attached hydrogens (tertiary/aromatic N) is 2. The van der Waals surface area contributed by atoms with Gasteiger partial charge in [-0.05, 0) is 37.3 Å². The Balaban J connectivity index is 2.24. The van der Waals surface area contributed by atoms with Crippen LogP contribution in [-0.2, 0) is 4.74 Å². The minimum absolute atomic E-state index is 0.259. The first-order chi connectivity index (χ1) is 11.0. The van der Waals surface area contributed by atoms with Crippen molar-refractivity contribution in [3.05, 3.63) is 69.9 Å². The maximum absolute atomic E-state index is 12.6. The maximum Gasteiger partial charge on any atom is 0.337 e. The summed E-state index contributed by atoms with van der Waals surface area (Å²) in [5.41, 5.74) is 2.09. The maximum atomic E-state index is 12.6. The molecule has 1 aromatic heterocycles. The van der Waals surface area contributed by atoms with Crippen molar-refractivity contribution in [2.24, 2.45) is 0 Å². The van der Waals surface area contributed by atoms with Crippen LogP contribution in [0.1, 0.15) is 16.1 Å². The predicted octanol–water partition coefficient (Wildman–Crippen LogP) is 2.66. The van der Waals surface area contributed by atoms with E-state index in [0.29, 0.717) is 27.9 Å². The Kier molecular flexibility index (Phi) is 3.57. The normalized spacial score (nSPS) is 10.7. The van der Waals surface area contributed by atoms with Crippen LogP contribution in [-0.4, -0.2) is 17.8 Å². The van der Waals surface area contributed by atoms with Crippen molar-refractivity contribution in [2.75, 3.05) is 7.11 Å². The van der Waals surface area contributed by atoms with E-state index in [-0.39, 0.29) is 5.69 Å². The van der Waals surface area contributed by atoms with Crippen molar-refractivity contribution < 1.29 is 14.0 Å². The van der Waals surface area contributed by atoms with Crippen LogP contribution in [0.15, 0.2) is 48.5 Å². The number of benzene rings is 2. The Hall–Kier alpha value is -3.15. The van der Waals surface area contributed by atoms with Gasteiger partial charge in [-0.3, -0.25) is 0 Å². The SMILES string of the molecule is COC(=O)c1ccc(-c2c(C)n([O-])c3ccccc3[n+]2=O)cc1. The monoisotopic (exact) mass is 310 g/mol. The molecule has 1 heterocycles. The van der Waals surface area contributed by atoms with E-state index in [1.807, 2.05) is 0 Å². The summed E-state index contributed by atoms with van der Waals surface area (Å²) in [6.07, 6.45) is 0. The second-order valence-electron chi connectivity index (χ2n) is 5.08. The molecule has 0 atom stereocenters. The fourth-order valence-electron chi connectivity index (χ4n) is 2.56. The molecule has 0 radical (unpaired) electrons. The van der Waals surface area contributed by atoms with Crippen molar-refractivity contribution >= 4 is 17.0 Å². The van der Waals surface area contributed by atoms with E-state index in [2.05, 4.69) is 4.74 Å². The van der Waals surface area contributed by atoms with Crippen LogP contribution in [0.4, 0.5) is 0 Å². The van der Waals surface area contributed by atoms with Crippen LogP contribution in [0.25, 0.3) is 22.3 Å². The summed E-state index contributed by atoms with van der Waals surface area (Å²) >= 11 is 0. The third-order valence-corrected chi connectivity index (χ3v) is 3.75. The summed E-state index contributed by atoms with van der Waals surface area (Å²) in [7, 11) is 1.30. The standard InChI is InChI=1S/C17H14N2O4/c1-11-16(12-7-9-13(10-8-12)17(20)23-2)19(22)15-6-4-3-5-14(15)18(11)21/h3-10H,1-2H3. The number of hydrogen-bond donors (Lipinski definition) is 0. The Bertz CT molecular complexity index is 959. The van der Waals surface area contributed by atoms with Crippen molar-refractivity contribution in [2.45, 2.75) is 6.92 Å². The molecule has 3 rings (SSSR count). The fourth-order valence-corrected chi connectivity index (χ4v) is 2.56. The quantitative estimate of drug-likeness (QED) is 0.538. The second kappa shape index (κ2) is 5.57. The lowest BCUT2D eigenvalue weighted by Gasteiger charge is -2.16. The smallest absolute Gasteiger partial charge is 0.337 e. The van der Waals surface area contributed by atoms with Gasteiger partial charge in [0, 0.05) is 11.0 Å². The van der Waals surface area contributed by atoms with Gasteiger partial charge in [0.05, 0.1) is 28.4 Å². The molecule has 2 aromatic carbocycles. The zero-order chi connectivity index (χ0) is 16.6. The third-order valence-electron chi connectivity index (χ3n) is 3.75. The molecule has 6 heteroatoms. The van der Waals surface area contributed by atoms with Gasteiger partial charge < -0.3 is 14.7 Å². The molecule has 6 nitrogen and oxygen atoms in total. The summed E-state index contributed by atoms with van der Waals surface area (Å²) in [5, 5.41) is 12.4. The van der Waals surface area contributed by atoms with Gasteiger partial charge in [0.25, 0.3) is 11.2 Å². The van der Waals surface area contributed by atoms with Crippen molar-refractivity contribution in [1.29, 1.82) is 0 Å². The van der Waals surface area contributed by atoms with Gasteiger partial charge >= 0.3 is 5.97 Å².